The van der Waals surface area contributed by atoms with Crippen LogP contribution in [0.3, 0.4) is 0 Å². The first-order chi connectivity index (χ1) is 7.33. The van der Waals surface area contributed by atoms with E-state index >= 15 is 0 Å². The highest BCUT2D eigenvalue weighted by atomic mass is 32.2. The Morgan fingerprint density at radius 2 is 2.19 bits per heavy atom. The van der Waals surface area contributed by atoms with E-state index in [4.69, 9.17) is 5.11 Å². The van der Waals surface area contributed by atoms with Gasteiger partial charge in [-0.15, -0.1) is 0 Å². The molecule has 6 nitrogen and oxygen atoms in total. The van der Waals surface area contributed by atoms with Crippen LogP contribution >= 0.6 is 0 Å². The van der Waals surface area contributed by atoms with Crippen molar-refractivity contribution in [1.82, 2.24) is 9.03 Å². The van der Waals surface area contributed by atoms with Crippen LogP contribution in [0.1, 0.15) is 26.7 Å². The van der Waals surface area contributed by atoms with Gasteiger partial charge in [-0.3, -0.25) is 4.79 Å². The van der Waals surface area contributed by atoms with E-state index in [1.54, 1.807) is 13.8 Å². The highest BCUT2D eigenvalue weighted by molar-refractivity contribution is 7.87. The van der Waals surface area contributed by atoms with Crippen LogP contribution in [0.15, 0.2) is 0 Å². The largest absolute Gasteiger partial charge is 0.481 e. The third-order valence-electron chi connectivity index (χ3n) is 2.64. The number of carbonyl (C=O) groups is 1. The quantitative estimate of drug-likeness (QED) is 0.736. The molecule has 1 fully saturated rings. The van der Waals surface area contributed by atoms with Crippen LogP contribution in [0.25, 0.3) is 0 Å². The first-order valence-electron chi connectivity index (χ1n) is 5.31. The van der Waals surface area contributed by atoms with Gasteiger partial charge in [-0.2, -0.15) is 12.7 Å². The number of hydrogen-bond donors (Lipinski definition) is 2. The van der Waals surface area contributed by atoms with Gasteiger partial charge in [0.25, 0.3) is 10.2 Å². The van der Waals surface area contributed by atoms with E-state index < -0.39 is 16.2 Å². The van der Waals surface area contributed by atoms with Gasteiger partial charge in [-0.1, -0.05) is 0 Å². The Labute approximate surface area is 95.8 Å². The summed E-state index contributed by atoms with van der Waals surface area (Å²) in [5.41, 5.74) is 0. The Kier molecular flexibility index (Phi) is 4.28. The molecule has 1 saturated heterocycles. The van der Waals surface area contributed by atoms with Gasteiger partial charge in [0.15, 0.2) is 0 Å². The maximum Gasteiger partial charge on any atom is 0.303 e. The fraction of sp³-hybridized carbons (Fsp3) is 0.889. The zero-order valence-electron chi connectivity index (χ0n) is 9.51. The van der Waals surface area contributed by atoms with Crippen molar-refractivity contribution < 1.29 is 18.3 Å². The Hall–Kier alpha value is -0.660. The van der Waals surface area contributed by atoms with Crippen LogP contribution < -0.4 is 4.72 Å². The second-order valence-electron chi connectivity index (χ2n) is 4.32. The number of hydrogen-bond acceptors (Lipinski definition) is 3. The van der Waals surface area contributed by atoms with Crippen molar-refractivity contribution in [3.8, 4) is 0 Å². The third kappa shape index (κ3) is 3.43. The summed E-state index contributed by atoms with van der Waals surface area (Å²) in [6, 6.07) is -0.106. The molecule has 0 radical (unpaired) electrons. The summed E-state index contributed by atoms with van der Waals surface area (Å²) >= 11 is 0. The standard InChI is InChI=1S/C9H18N2O4S/c1-7(2)11-6-8(3-4-9(12)13)5-10-16(11,14)15/h7-8,10H,3-6H2,1-2H3,(H,12,13). The lowest BCUT2D eigenvalue weighted by Gasteiger charge is -2.34. The highest BCUT2D eigenvalue weighted by Gasteiger charge is 2.32. The van der Waals surface area contributed by atoms with E-state index in [0.29, 0.717) is 19.5 Å². The molecule has 1 aliphatic heterocycles. The number of carboxylic acids is 1. The summed E-state index contributed by atoms with van der Waals surface area (Å²) in [4.78, 5) is 10.4. The van der Waals surface area contributed by atoms with Crippen LogP contribution in [0.2, 0.25) is 0 Å². The van der Waals surface area contributed by atoms with Crippen molar-refractivity contribution in [2.24, 2.45) is 5.92 Å². The predicted molar refractivity (Wildman–Crippen MR) is 59.1 cm³/mol. The molecule has 7 heteroatoms. The minimum atomic E-state index is -3.36. The molecule has 0 aliphatic carbocycles. The molecule has 1 unspecified atom stereocenters. The molecule has 1 rings (SSSR count). The molecule has 1 heterocycles. The molecule has 0 aromatic rings. The number of nitrogens with zero attached hydrogens (tertiary/aromatic N) is 1. The normalized spacial score (nSPS) is 25.8. The van der Waals surface area contributed by atoms with Gasteiger partial charge in [0.05, 0.1) is 0 Å². The number of rotatable bonds is 4. The fourth-order valence-electron chi connectivity index (χ4n) is 1.73. The molecule has 2 N–H and O–H groups in total. The van der Waals surface area contributed by atoms with Crippen molar-refractivity contribution in [1.29, 1.82) is 0 Å². The monoisotopic (exact) mass is 250 g/mol. The molecule has 0 amide bonds. The predicted octanol–water partition coefficient (Wildman–Crippen LogP) is 0.0258. The molecule has 16 heavy (non-hydrogen) atoms. The van der Waals surface area contributed by atoms with Gasteiger partial charge in [-0.25, -0.2) is 4.72 Å². The van der Waals surface area contributed by atoms with Crippen molar-refractivity contribution in [3.63, 3.8) is 0 Å². The summed E-state index contributed by atoms with van der Waals surface area (Å²) < 4.78 is 27.1. The number of nitrogens with one attached hydrogen (secondary N) is 1. The van der Waals surface area contributed by atoms with Crippen LogP contribution in [-0.4, -0.2) is 42.9 Å². The molecule has 94 valence electrons. The first kappa shape index (κ1) is 13.4. The molecular formula is C9H18N2O4S. The minimum Gasteiger partial charge on any atom is -0.481 e. The molecule has 0 aromatic heterocycles. The van der Waals surface area contributed by atoms with E-state index in [1.807, 2.05) is 0 Å². The molecule has 0 bridgehead atoms. The van der Waals surface area contributed by atoms with Gasteiger partial charge in [0.2, 0.25) is 0 Å². The Morgan fingerprint density at radius 3 is 2.69 bits per heavy atom. The topological polar surface area (TPSA) is 86.7 Å². The number of carboxylic acid groups (broad SMARTS) is 1. The van der Waals surface area contributed by atoms with Crippen LogP contribution in [0.5, 0.6) is 0 Å². The Balaban J connectivity index is 2.59. The van der Waals surface area contributed by atoms with Gasteiger partial charge in [0.1, 0.15) is 0 Å². The van der Waals surface area contributed by atoms with E-state index in [-0.39, 0.29) is 18.4 Å². The van der Waals surface area contributed by atoms with Gasteiger partial charge in [0, 0.05) is 25.6 Å². The first-order valence-corrected chi connectivity index (χ1v) is 6.75. The van der Waals surface area contributed by atoms with Crippen LogP contribution in [0, 0.1) is 5.92 Å². The van der Waals surface area contributed by atoms with E-state index in [1.165, 1.54) is 4.31 Å². The van der Waals surface area contributed by atoms with Crippen LogP contribution in [0.4, 0.5) is 0 Å². The molecule has 0 saturated carbocycles. The fourth-order valence-corrected chi connectivity index (χ4v) is 3.31. The Bertz CT molecular complexity index is 353. The zero-order valence-corrected chi connectivity index (χ0v) is 10.3. The lowest BCUT2D eigenvalue weighted by atomic mass is 10.0. The van der Waals surface area contributed by atoms with Crippen molar-refractivity contribution in [2.75, 3.05) is 13.1 Å². The van der Waals surface area contributed by atoms with E-state index in [9.17, 15) is 13.2 Å². The smallest absolute Gasteiger partial charge is 0.303 e. The second-order valence-corrected chi connectivity index (χ2v) is 6.02. The summed E-state index contributed by atoms with van der Waals surface area (Å²) in [6.07, 6.45) is 0.583. The molecule has 1 aliphatic rings. The average molecular weight is 250 g/mol. The van der Waals surface area contributed by atoms with Crippen molar-refractivity contribution in [3.05, 3.63) is 0 Å². The van der Waals surface area contributed by atoms with Crippen LogP contribution in [-0.2, 0) is 15.0 Å². The molecule has 0 aromatic carbocycles. The number of aliphatic carboxylic acids is 1. The van der Waals surface area contributed by atoms with Gasteiger partial charge in [-0.05, 0) is 26.2 Å². The summed E-state index contributed by atoms with van der Waals surface area (Å²) in [7, 11) is -3.36. The minimum absolute atomic E-state index is 0.0713. The summed E-state index contributed by atoms with van der Waals surface area (Å²) in [6.45, 7) is 4.34. The summed E-state index contributed by atoms with van der Waals surface area (Å²) in [5.74, 6) is -0.772. The van der Waals surface area contributed by atoms with Crippen molar-refractivity contribution in [2.45, 2.75) is 32.7 Å². The molecular weight excluding hydrogens is 232 g/mol. The zero-order chi connectivity index (χ0) is 12.3. The summed E-state index contributed by atoms with van der Waals surface area (Å²) in [5, 5.41) is 8.57. The average Bonchev–Trinajstić information content (AvgIpc) is 2.15. The maximum absolute atomic E-state index is 11.6. The molecule has 0 spiro atoms. The maximum atomic E-state index is 11.6. The van der Waals surface area contributed by atoms with E-state index in [0.717, 1.165) is 0 Å². The van der Waals surface area contributed by atoms with Gasteiger partial charge < -0.3 is 5.11 Å². The van der Waals surface area contributed by atoms with Crippen molar-refractivity contribution >= 4 is 16.2 Å². The Morgan fingerprint density at radius 1 is 1.56 bits per heavy atom. The SMILES string of the molecule is CC(C)N1CC(CCC(=O)O)CNS1(=O)=O. The lowest BCUT2D eigenvalue weighted by Crippen LogP contribution is -2.53. The molecule has 1 atom stereocenters. The lowest BCUT2D eigenvalue weighted by molar-refractivity contribution is -0.137. The third-order valence-corrected chi connectivity index (χ3v) is 4.36. The van der Waals surface area contributed by atoms with E-state index in [2.05, 4.69) is 4.72 Å². The highest BCUT2D eigenvalue weighted by Crippen LogP contribution is 2.18. The van der Waals surface area contributed by atoms with Gasteiger partial charge >= 0.3 is 5.97 Å². The second kappa shape index (κ2) is 5.11.